The van der Waals surface area contributed by atoms with Gasteiger partial charge in [0.2, 0.25) is 0 Å². The minimum atomic E-state index is 0.525. The summed E-state index contributed by atoms with van der Waals surface area (Å²) in [5.74, 6) is 1.63. The number of hydrogen-bond donors (Lipinski definition) is 0. The van der Waals surface area contributed by atoms with Crippen LogP contribution in [0, 0.1) is 0 Å². The minimum absolute atomic E-state index is 0.525. The van der Waals surface area contributed by atoms with Crippen molar-refractivity contribution in [1.29, 1.82) is 0 Å². The SMILES string of the molecule is c1ccc2cc3c(cc2c1)c1ccccc1n3-c1cc(-c2nc(-c3cccc4ccccc34)nc(-c3cccc4c3oc3ccccc34)n2)cc2oc3ccccc3c12. The summed E-state index contributed by atoms with van der Waals surface area (Å²) >= 11 is 0. The van der Waals surface area contributed by atoms with Crippen LogP contribution in [0.4, 0.5) is 0 Å². The lowest BCUT2D eigenvalue weighted by Crippen LogP contribution is -2.02. The van der Waals surface area contributed by atoms with E-state index < -0.39 is 0 Å². The number of para-hydroxylation sites is 4. The fourth-order valence-electron chi connectivity index (χ4n) is 9.14. The largest absolute Gasteiger partial charge is 0.456 e. The molecule has 6 nitrogen and oxygen atoms in total. The highest BCUT2D eigenvalue weighted by molar-refractivity contribution is 6.17. The molecule has 274 valence electrons. The maximum absolute atomic E-state index is 6.73. The van der Waals surface area contributed by atoms with Crippen molar-refractivity contribution in [3.05, 3.63) is 182 Å². The number of nitrogens with zero attached hydrogens (tertiary/aromatic N) is 4. The summed E-state index contributed by atoms with van der Waals surface area (Å²) in [5.41, 5.74) is 8.83. The molecule has 0 unspecified atom stereocenters. The summed E-state index contributed by atoms with van der Waals surface area (Å²) in [6.07, 6.45) is 0. The maximum atomic E-state index is 6.73. The first-order valence-corrected chi connectivity index (χ1v) is 19.8. The summed E-state index contributed by atoms with van der Waals surface area (Å²) in [6, 6.07) is 63.3. The third-order valence-corrected chi connectivity index (χ3v) is 11.8. The Kier molecular flexibility index (Phi) is 6.63. The summed E-state index contributed by atoms with van der Waals surface area (Å²) in [4.78, 5) is 15.9. The lowest BCUT2D eigenvalue weighted by Gasteiger charge is -2.14. The van der Waals surface area contributed by atoms with Crippen LogP contribution in [0.25, 0.3) is 127 Å². The predicted octanol–water partition coefficient (Wildman–Crippen LogP) is 14.1. The zero-order chi connectivity index (χ0) is 38.6. The molecule has 9 aromatic carbocycles. The average Bonchev–Trinajstić information content (AvgIpc) is 3.97. The predicted molar refractivity (Wildman–Crippen MR) is 240 cm³/mol. The number of hydrogen-bond acceptors (Lipinski definition) is 5. The third-order valence-electron chi connectivity index (χ3n) is 11.8. The fourth-order valence-corrected chi connectivity index (χ4v) is 9.14. The van der Waals surface area contributed by atoms with Gasteiger partial charge in [0.15, 0.2) is 17.5 Å². The van der Waals surface area contributed by atoms with Crippen LogP contribution in [0.3, 0.4) is 0 Å². The Bertz CT molecular complexity index is 3870. The molecule has 0 bridgehead atoms. The molecule has 0 fully saturated rings. The van der Waals surface area contributed by atoms with Crippen LogP contribution in [0.15, 0.2) is 191 Å². The van der Waals surface area contributed by atoms with E-state index in [4.69, 9.17) is 23.8 Å². The van der Waals surface area contributed by atoms with E-state index in [-0.39, 0.29) is 0 Å². The lowest BCUT2D eigenvalue weighted by atomic mass is 10.0. The van der Waals surface area contributed by atoms with Crippen molar-refractivity contribution in [3.8, 4) is 39.9 Å². The molecule has 0 spiro atoms. The number of rotatable bonds is 4. The molecular weight excluding hydrogens is 725 g/mol. The van der Waals surface area contributed by atoms with Gasteiger partial charge < -0.3 is 13.4 Å². The topological polar surface area (TPSA) is 69.9 Å². The van der Waals surface area contributed by atoms with Gasteiger partial charge in [0, 0.05) is 38.1 Å². The Morgan fingerprint density at radius 1 is 0.356 bits per heavy atom. The van der Waals surface area contributed by atoms with Crippen LogP contribution < -0.4 is 0 Å². The molecule has 13 rings (SSSR count). The van der Waals surface area contributed by atoms with E-state index in [0.717, 1.165) is 88.1 Å². The molecule has 0 saturated carbocycles. The van der Waals surface area contributed by atoms with Crippen molar-refractivity contribution in [2.75, 3.05) is 0 Å². The zero-order valence-electron chi connectivity index (χ0n) is 31.4. The first-order chi connectivity index (χ1) is 29.2. The molecule has 0 saturated heterocycles. The molecule has 0 atom stereocenters. The zero-order valence-corrected chi connectivity index (χ0v) is 31.4. The second-order valence-corrected chi connectivity index (χ2v) is 15.1. The molecule has 0 N–H and O–H groups in total. The Balaban J connectivity index is 1.14. The highest BCUT2D eigenvalue weighted by Crippen LogP contribution is 2.43. The smallest absolute Gasteiger partial charge is 0.167 e. The molecule has 59 heavy (non-hydrogen) atoms. The molecular formula is C53H30N4O2. The van der Waals surface area contributed by atoms with Gasteiger partial charge in [-0.05, 0) is 70.1 Å². The van der Waals surface area contributed by atoms with Crippen molar-refractivity contribution in [2.24, 2.45) is 0 Å². The van der Waals surface area contributed by atoms with E-state index in [1.807, 2.05) is 42.5 Å². The molecule has 0 aliphatic heterocycles. The quantitative estimate of drug-likeness (QED) is 0.179. The van der Waals surface area contributed by atoms with Gasteiger partial charge in [-0.2, -0.15) is 0 Å². The Morgan fingerprint density at radius 3 is 1.80 bits per heavy atom. The van der Waals surface area contributed by atoms with Crippen LogP contribution in [0.2, 0.25) is 0 Å². The molecule has 0 aliphatic carbocycles. The summed E-state index contributed by atoms with van der Waals surface area (Å²) in [6.45, 7) is 0. The molecule has 4 heterocycles. The van der Waals surface area contributed by atoms with E-state index >= 15 is 0 Å². The molecule has 6 heteroatoms. The summed E-state index contributed by atoms with van der Waals surface area (Å²) < 4.78 is 15.7. The average molecular weight is 755 g/mol. The normalized spacial score (nSPS) is 12.1. The monoisotopic (exact) mass is 754 g/mol. The van der Waals surface area contributed by atoms with Crippen LogP contribution in [0.1, 0.15) is 0 Å². The number of furan rings is 2. The highest BCUT2D eigenvalue weighted by Gasteiger charge is 2.23. The Labute approximate surface area is 336 Å². The molecule has 0 aliphatic rings. The van der Waals surface area contributed by atoms with Gasteiger partial charge in [-0.3, -0.25) is 0 Å². The van der Waals surface area contributed by atoms with E-state index in [1.54, 1.807) is 0 Å². The van der Waals surface area contributed by atoms with Crippen LogP contribution in [-0.4, -0.2) is 19.5 Å². The Hall–Kier alpha value is -8.09. The van der Waals surface area contributed by atoms with Crippen LogP contribution >= 0.6 is 0 Å². The lowest BCUT2D eigenvalue weighted by molar-refractivity contribution is 0.668. The van der Waals surface area contributed by atoms with Crippen molar-refractivity contribution < 1.29 is 8.83 Å². The van der Waals surface area contributed by atoms with E-state index in [1.165, 1.54) is 21.5 Å². The van der Waals surface area contributed by atoms with E-state index in [2.05, 4.69) is 144 Å². The molecule has 0 radical (unpaired) electrons. The Morgan fingerprint density at radius 2 is 0.949 bits per heavy atom. The maximum Gasteiger partial charge on any atom is 0.167 e. The van der Waals surface area contributed by atoms with Gasteiger partial charge in [-0.15, -0.1) is 0 Å². The second-order valence-electron chi connectivity index (χ2n) is 15.1. The van der Waals surface area contributed by atoms with Gasteiger partial charge in [0.25, 0.3) is 0 Å². The highest BCUT2D eigenvalue weighted by atomic mass is 16.3. The summed E-state index contributed by atoms with van der Waals surface area (Å²) in [7, 11) is 0. The van der Waals surface area contributed by atoms with Gasteiger partial charge >= 0.3 is 0 Å². The first kappa shape index (κ1) is 32.0. The van der Waals surface area contributed by atoms with Gasteiger partial charge in [-0.25, -0.2) is 15.0 Å². The van der Waals surface area contributed by atoms with Crippen LogP contribution in [-0.2, 0) is 0 Å². The number of fused-ring (bicyclic) bond motifs is 11. The minimum Gasteiger partial charge on any atom is -0.456 e. The van der Waals surface area contributed by atoms with E-state index in [0.29, 0.717) is 17.5 Å². The number of benzene rings is 9. The van der Waals surface area contributed by atoms with Gasteiger partial charge in [-0.1, -0.05) is 133 Å². The van der Waals surface area contributed by atoms with Gasteiger partial charge in [0.1, 0.15) is 22.3 Å². The second kappa shape index (κ2) is 12.2. The van der Waals surface area contributed by atoms with Crippen molar-refractivity contribution in [2.45, 2.75) is 0 Å². The molecule has 13 aromatic rings. The standard InChI is InChI=1S/C53H30N4O2/c1-2-15-33-28-44-42(27-32(33)14-1)36-18-5-8-24-43(36)57(44)45-29-34(30-48-49(45)40-20-7-10-26-47(40)58-48)51-54-52(39-22-11-16-31-13-3-4-17-35(31)39)56-53(55-51)41-23-12-21-38-37-19-6-9-25-46(37)59-50(38)41/h1-30H. The number of aromatic nitrogens is 4. The van der Waals surface area contributed by atoms with Crippen molar-refractivity contribution in [1.82, 2.24) is 19.5 Å². The third kappa shape index (κ3) is 4.77. The van der Waals surface area contributed by atoms with Gasteiger partial charge in [0.05, 0.1) is 27.7 Å². The van der Waals surface area contributed by atoms with Crippen molar-refractivity contribution in [3.63, 3.8) is 0 Å². The van der Waals surface area contributed by atoms with Crippen LogP contribution in [0.5, 0.6) is 0 Å². The van der Waals surface area contributed by atoms with Crippen molar-refractivity contribution >= 4 is 87.2 Å². The van der Waals surface area contributed by atoms with E-state index in [9.17, 15) is 0 Å². The summed E-state index contributed by atoms with van der Waals surface area (Å²) in [5, 5.41) is 11.0. The molecule has 4 aromatic heterocycles. The fraction of sp³-hybridized carbons (Fsp3) is 0. The first-order valence-electron chi connectivity index (χ1n) is 19.8. The molecule has 0 amide bonds.